The molecule has 6 rings (SSSR count). The van der Waals surface area contributed by atoms with Crippen molar-refractivity contribution in [3.05, 3.63) is 22.8 Å². The lowest BCUT2D eigenvalue weighted by Crippen LogP contribution is -2.57. The van der Waals surface area contributed by atoms with Crippen LogP contribution in [0.2, 0.25) is 0 Å². The predicted molar refractivity (Wildman–Crippen MR) is 129 cm³/mol. The topological polar surface area (TPSA) is 93.1 Å². The van der Waals surface area contributed by atoms with E-state index in [1.165, 1.54) is 18.1 Å². The molecule has 6 aliphatic rings. The van der Waals surface area contributed by atoms with E-state index in [0.717, 1.165) is 38.5 Å². The van der Waals surface area contributed by atoms with Crippen LogP contribution < -0.4 is 0 Å². The smallest absolute Gasteiger partial charge is 0.164 e. The molecule has 2 N–H and O–H groups in total. The van der Waals surface area contributed by atoms with Crippen LogP contribution in [0.15, 0.2) is 22.8 Å². The fourth-order valence-corrected chi connectivity index (χ4v) is 9.17. The lowest BCUT2D eigenvalue weighted by molar-refractivity contribution is -0.201. The summed E-state index contributed by atoms with van der Waals surface area (Å²) >= 11 is 0. The molecule has 192 valence electrons. The second kappa shape index (κ2) is 7.59. The molecule has 0 aromatic carbocycles. The molecular weight excluding hydrogens is 444 g/mol. The molecule has 2 heterocycles. The van der Waals surface area contributed by atoms with Gasteiger partial charge in [-0.2, -0.15) is 0 Å². The monoisotopic (exact) mass is 484 g/mol. The molecule has 10 atom stereocenters. The summed E-state index contributed by atoms with van der Waals surface area (Å²) in [6.45, 7) is 9.72. The molecular formula is C29H40O6. The van der Waals surface area contributed by atoms with E-state index in [1.807, 2.05) is 13.8 Å². The fraction of sp³-hybridized carbons (Fsp3) is 0.793. The van der Waals surface area contributed by atoms with E-state index in [4.69, 9.17) is 9.47 Å². The lowest BCUT2D eigenvalue weighted by Gasteiger charge is -2.52. The van der Waals surface area contributed by atoms with Crippen molar-refractivity contribution in [1.82, 2.24) is 0 Å². The Balaban J connectivity index is 1.36. The van der Waals surface area contributed by atoms with Crippen molar-refractivity contribution in [2.24, 2.45) is 34.5 Å². The normalized spacial score (nSPS) is 48.1. The average Bonchev–Trinajstić information content (AvgIpc) is 3.41. The molecule has 6 nitrogen and oxygen atoms in total. The summed E-state index contributed by atoms with van der Waals surface area (Å²) in [4.78, 5) is 24.7. The van der Waals surface area contributed by atoms with Gasteiger partial charge in [0.15, 0.2) is 17.7 Å². The zero-order valence-electron chi connectivity index (χ0n) is 21.7. The number of aliphatic hydroxyl groups excluding tert-OH is 1. The number of aliphatic hydroxyl groups is 2. The van der Waals surface area contributed by atoms with Gasteiger partial charge in [0.1, 0.15) is 11.9 Å². The SMILES string of the molecule is CC(=O)[C@@](O)(C(C)C)[C@H]1O[C@H](O)[C@@H]2[C@H]1O[C@H]1C=C3C4=C(CC[C@]3(C)[C@@H]21)[C@@]1(C)CCC(=O)C[C@@H]1CC4. The highest BCUT2D eigenvalue weighted by Crippen LogP contribution is 2.67. The maximum absolute atomic E-state index is 12.5. The van der Waals surface area contributed by atoms with Crippen molar-refractivity contribution < 1.29 is 29.3 Å². The van der Waals surface area contributed by atoms with Crippen LogP contribution in [-0.4, -0.2) is 52.0 Å². The molecule has 0 unspecified atom stereocenters. The number of ketones is 2. The van der Waals surface area contributed by atoms with E-state index in [2.05, 4.69) is 19.9 Å². The molecule has 2 saturated heterocycles. The van der Waals surface area contributed by atoms with Crippen LogP contribution in [0, 0.1) is 34.5 Å². The quantitative estimate of drug-likeness (QED) is 0.631. The van der Waals surface area contributed by atoms with Crippen molar-refractivity contribution in [2.45, 2.75) is 110 Å². The molecule has 4 aliphatic carbocycles. The maximum atomic E-state index is 12.5. The van der Waals surface area contributed by atoms with Gasteiger partial charge >= 0.3 is 0 Å². The van der Waals surface area contributed by atoms with Crippen molar-refractivity contribution >= 4 is 11.6 Å². The first-order valence-electron chi connectivity index (χ1n) is 13.6. The van der Waals surface area contributed by atoms with Crippen LogP contribution in [-0.2, 0) is 19.1 Å². The summed E-state index contributed by atoms with van der Waals surface area (Å²) in [6, 6.07) is 0. The van der Waals surface area contributed by atoms with Crippen LogP contribution in [0.4, 0.5) is 0 Å². The number of hydrogen-bond acceptors (Lipinski definition) is 6. The maximum Gasteiger partial charge on any atom is 0.164 e. The van der Waals surface area contributed by atoms with E-state index >= 15 is 0 Å². The molecule has 3 fully saturated rings. The molecule has 0 aromatic heterocycles. The Morgan fingerprint density at radius 3 is 2.54 bits per heavy atom. The minimum atomic E-state index is -1.69. The van der Waals surface area contributed by atoms with E-state index in [9.17, 15) is 19.8 Å². The van der Waals surface area contributed by atoms with Crippen molar-refractivity contribution in [1.29, 1.82) is 0 Å². The number of fused-ring (bicyclic) bond motifs is 8. The van der Waals surface area contributed by atoms with Gasteiger partial charge in [-0.1, -0.05) is 39.3 Å². The zero-order chi connectivity index (χ0) is 25.1. The molecule has 0 aromatic rings. The van der Waals surface area contributed by atoms with Crippen LogP contribution in [0.1, 0.15) is 79.6 Å². The number of carbonyl (C=O) groups is 2. The first-order chi connectivity index (χ1) is 16.4. The number of allylic oxidation sites excluding steroid dienone is 3. The number of hydrogen-bond donors (Lipinski definition) is 2. The second-order valence-electron chi connectivity index (χ2n) is 13.0. The van der Waals surface area contributed by atoms with Crippen molar-refractivity contribution in [2.75, 3.05) is 0 Å². The first kappa shape index (κ1) is 24.0. The third-order valence-corrected chi connectivity index (χ3v) is 11.3. The van der Waals surface area contributed by atoms with Gasteiger partial charge in [-0.25, -0.2) is 0 Å². The van der Waals surface area contributed by atoms with Gasteiger partial charge in [0.25, 0.3) is 0 Å². The highest BCUT2D eigenvalue weighted by Gasteiger charge is 2.68. The summed E-state index contributed by atoms with van der Waals surface area (Å²) in [5, 5.41) is 22.5. The molecule has 0 spiro atoms. The highest BCUT2D eigenvalue weighted by atomic mass is 16.7. The Morgan fingerprint density at radius 2 is 1.86 bits per heavy atom. The highest BCUT2D eigenvalue weighted by molar-refractivity contribution is 5.86. The molecule has 35 heavy (non-hydrogen) atoms. The largest absolute Gasteiger partial charge is 0.379 e. The van der Waals surface area contributed by atoms with Gasteiger partial charge in [0, 0.05) is 24.7 Å². The van der Waals surface area contributed by atoms with Crippen LogP contribution in [0.25, 0.3) is 0 Å². The third-order valence-electron chi connectivity index (χ3n) is 11.3. The first-order valence-corrected chi connectivity index (χ1v) is 13.6. The molecule has 2 aliphatic heterocycles. The Bertz CT molecular complexity index is 1040. The van der Waals surface area contributed by atoms with Gasteiger partial charge in [-0.05, 0) is 72.8 Å². The molecule has 0 bridgehead atoms. The predicted octanol–water partition coefficient (Wildman–Crippen LogP) is 3.89. The zero-order valence-corrected chi connectivity index (χ0v) is 21.7. The Hall–Kier alpha value is -1.34. The van der Waals surface area contributed by atoms with Gasteiger partial charge in [0.05, 0.1) is 12.2 Å². The summed E-state index contributed by atoms with van der Waals surface area (Å²) in [5.74, 6) is -0.0598. The average molecular weight is 485 g/mol. The minimum absolute atomic E-state index is 0.0541. The fourth-order valence-electron chi connectivity index (χ4n) is 9.17. The number of ether oxygens (including phenoxy) is 2. The van der Waals surface area contributed by atoms with Crippen LogP contribution in [0.5, 0.6) is 0 Å². The Morgan fingerprint density at radius 1 is 1.14 bits per heavy atom. The van der Waals surface area contributed by atoms with Gasteiger partial charge in [0.2, 0.25) is 0 Å². The lowest BCUT2D eigenvalue weighted by atomic mass is 9.51. The van der Waals surface area contributed by atoms with E-state index in [-0.39, 0.29) is 40.5 Å². The number of carbonyl (C=O) groups excluding carboxylic acids is 2. The van der Waals surface area contributed by atoms with E-state index in [1.54, 1.807) is 5.57 Å². The summed E-state index contributed by atoms with van der Waals surface area (Å²) in [6.07, 6.45) is 6.14. The minimum Gasteiger partial charge on any atom is -0.379 e. The molecule has 1 saturated carbocycles. The summed E-state index contributed by atoms with van der Waals surface area (Å²) in [5.41, 5.74) is 2.70. The van der Waals surface area contributed by atoms with E-state index < -0.39 is 24.1 Å². The van der Waals surface area contributed by atoms with Gasteiger partial charge in [-0.15, -0.1) is 0 Å². The van der Waals surface area contributed by atoms with Crippen molar-refractivity contribution in [3.8, 4) is 0 Å². The van der Waals surface area contributed by atoms with Gasteiger partial charge in [-0.3, -0.25) is 9.59 Å². The summed E-state index contributed by atoms with van der Waals surface area (Å²) in [7, 11) is 0. The molecule has 0 amide bonds. The van der Waals surface area contributed by atoms with E-state index in [0.29, 0.717) is 18.1 Å². The number of rotatable bonds is 3. The second-order valence-corrected chi connectivity index (χ2v) is 13.0. The molecule has 6 heteroatoms. The van der Waals surface area contributed by atoms with Crippen molar-refractivity contribution in [3.63, 3.8) is 0 Å². The standard InChI is InChI=1S/C29H40O6/c1-14(2)29(33,15(3)30)25-24-22(26(32)35-25)23-21(34-24)13-20-18-7-6-16-12-17(31)8-10-27(16,4)19(18)9-11-28(20,23)5/h13-14,16,21-26,32-33H,6-12H2,1-5H3/t16-,21-,22-,23+,24+,25-,26-,27-,28-,29-/m0/s1. The Labute approximate surface area is 208 Å². The number of Topliss-reactive ketones (excluding diaryl/α,β-unsaturated/α-hetero) is 2. The summed E-state index contributed by atoms with van der Waals surface area (Å²) < 4.78 is 12.5. The molecule has 0 radical (unpaired) electrons. The van der Waals surface area contributed by atoms with Gasteiger partial charge < -0.3 is 19.7 Å². The van der Waals surface area contributed by atoms with Crippen LogP contribution in [0.3, 0.4) is 0 Å². The third kappa shape index (κ3) is 2.97. The van der Waals surface area contributed by atoms with Crippen LogP contribution >= 0.6 is 0 Å². The Kier molecular flexibility index (Phi) is 5.21.